The van der Waals surface area contributed by atoms with Crippen molar-refractivity contribution in [1.82, 2.24) is 15.5 Å². The lowest BCUT2D eigenvalue weighted by Crippen LogP contribution is -2.41. The quantitative estimate of drug-likeness (QED) is 0.228. The molecule has 0 aromatic carbocycles. The van der Waals surface area contributed by atoms with Crippen LogP contribution in [-0.2, 0) is 0 Å². The van der Waals surface area contributed by atoms with E-state index in [1.807, 2.05) is 6.92 Å². The summed E-state index contributed by atoms with van der Waals surface area (Å²) in [7, 11) is 0. The first kappa shape index (κ1) is 24.8. The molecule has 8 heteroatoms. The van der Waals surface area contributed by atoms with Gasteiger partial charge in [-0.25, -0.2) is 0 Å². The molecule has 4 nitrogen and oxygen atoms in total. The van der Waals surface area contributed by atoms with Gasteiger partial charge < -0.3 is 10.6 Å². The second-order valence-corrected chi connectivity index (χ2v) is 6.52. The van der Waals surface area contributed by atoms with Gasteiger partial charge in [-0.2, -0.15) is 13.2 Å². The topological polar surface area (TPSA) is 39.7 Å². The van der Waals surface area contributed by atoms with Crippen molar-refractivity contribution >= 4 is 29.9 Å². The van der Waals surface area contributed by atoms with Gasteiger partial charge in [-0.05, 0) is 51.6 Å². The maximum atomic E-state index is 12.4. The maximum Gasteiger partial charge on any atom is 0.401 e. The van der Waals surface area contributed by atoms with Gasteiger partial charge in [0.15, 0.2) is 5.96 Å². The molecular weight excluding hydrogens is 444 g/mol. The van der Waals surface area contributed by atoms with Gasteiger partial charge in [0.05, 0.1) is 6.54 Å². The number of aliphatic imine (C=N–C) groups is 1. The SMILES string of the molecule is CCCCCN=C(NCC)NCCC1CCN(CC(F)(F)F)CC1.I. The highest BCUT2D eigenvalue weighted by molar-refractivity contribution is 14.0. The van der Waals surface area contributed by atoms with Crippen LogP contribution in [0.5, 0.6) is 0 Å². The minimum Gasteiger partial charge on any atom is -0.357 e. The van der Waals surface area contributed by atoms with Crippen LogP contribution in [0.2, 0.25) is 0 Å². The number of rotatable bonds is 9. The fraction of sp³-hybridized carbons (Fsp3) is 0.941. The highest BCUT2D eigenvalue weighted by atomic mass is 127. The van der Waals surface area contributed by atoms with Gasteiger partial charge in [0.25, 0.3) is 0 Å². The first-order valence-corrected chi connectivity index (χ1v) is 9.26. The first-order chi connectivity index (χ1) is 11.4. The van der Waals surface area contributed by atoms with Crippen molar-refractivity contribution < 1.29 is 13.2 Å². The monoisotopic (exact) mass is 478 g/mol. The van der Waals surface area contributed by atoms with Gasteiger partial charge >= 0.3 is 6.18 Å². The predicted molar refractivity (Wildman–Crippen MR) is 109 cm³/mol. The summed E-state index contributed by atoms with van der Waals surface area (Å²) in [6.07, 6.45) is 2.09. The predicted octanol–water partition coefficient (Wildman–Crippen LogP) is 4.01. The Morgan fingerprint density at radius 1 is 1.12 bits per heavy atom. The Morgan fingerprint density at radius 2 is 1.80 bits per heavy atom. The number of hydrogen-bond acceptors (Lipinski definition) is 2. The van der Waals surface area contributed by atoms with Crippen molar-refractivity contribution in [2.45, 2.75) is 58.5 Å². The molecule has 0 aliphatic carbocycles. The van der Waals surface area contributed by atoms with Crippen molar-refractivity contribution in [3.8, 4) is 0 Å². The van der Waals surface area contributed by atoms with Crippen LogP contribution in [0.15, 0.2) is 4.99 Å². The molecule has 1 rings (SSSR count). The van der Waals surface area contributed by atoms with E-state index in [-0.39, 0.29) is 24.0 Å². The number of guanidine groups is 1. The van der Waals surface area contributed by atoms with E-state index in [0.29, 0.717) is 19.0 Å². The summed E-state index contributed by atoms with van der Waals surface area (Å²) >= 11 is 0. The Bertz CT molecular complexity index is 356. The molecule has 150 valence electrons. The summed E-state index contributed by atoms with van der Waals surface area (Å²) in [5.41, 5.74) is 0. The summed E-state index contributed by atoms with van der Waals surface area (Å²) in [5, 5.41) is 6.58. The zero-order valence-corrected chi connectivity index (χ0v) is 17.8. The minimum absolute atomic E-state index is 0. The normalized spacial score (nSPS) is 17.2. The van der Waals surface area contributed by atoms with Gasteiger partial charge in [-0.3, -0.25) is 9.89 Å². The Hall–Kier alpha value is -0.250. The van der Waals surface area contributed by atoms with Gasteiger partial charge in [0.1, 0.15) is 0 Å². The third-order valence-corrected chi connectivity index (χ3v) is 4.33. The van der Waals surface area contributed by atoms with E-state index >= 15 is 0 Å². The molecule has 1 aliphatic rings. The summed E-state index contributed by atoms with van der Waals surface area (Å²) in [6, 6.07) is 0. The Morgan fingerprint density at radius 3 is 2.36 bits per heavy atom. The lowest BCUT2D eigenvalue weighted by molar-refractivity contribution is -0.148. The van der Waals surface area contributed by atoms with Crippen molar-refractivity contribution in [3.05, 3.63) is 0 Å². The smallest absolute Gasteiger partial charge is 0.357 e. The number of piperidine rings is 1. The number of nitrogens with zero attached hydrogens (tertiary/aromatic N) is 2. The Balaban J connectivity index is 0.00000576. The fourth-order valence-electron chi connectivity index (χ4n) is 2.98. The Labute approximate surface area is 167 Å². The second kappa shape index (κ2) is 13.9. The molecule has 0 radical (unpaired) electrons. The van der Waals surface area contributed by atoms with Crippen LogP contribution >= 0.6 is 24.0 Å². The molecule has 1 heterocycles. The Kier molecular flexibility index (Phi) is 13.7. The van der Waals surface area contributed by atoms with E-state index in [9.17, 15) is 13.2 Å². The highest BCUT2D eigenvalue weighted by Crippen LogP contribution is 2.23. The van der Waals surface area contributed by atoms with Gasteiger partial charge in [-0.1, -0.05) is 19.8 Å². The van der Waals surface area contributed by atoms with Crippen molar-refractivity contribution in [1.29, 1.82) is 0 Å². The van der Waals surface area contributed by atoms with Gasteiger partial charge in [-0.15, -0.1) is 24.0 Å². The largest absolute Gasteiger partial charge is 0.401 e. The molecule has 0 saturated carbocycles. The van der Waals surface area contributed by atoms with Crippen molar-refractivity contribution in [2.24, 2.45) is 10.9 Å². The molecular formula is C17H34F3IN4. The lowest BCUT2D eigenvalue weighted by Gasteiger charge is -2.32. The minimum atomic E-state index is -4.08. The van der Waals surface area contributed by atoms with E-state index in [4.69, 9.17) is 0 Å². The number of halogens is 4. The molecule has 0 aromatic rings. The molecule has 25 heavy (non-hydrogen) atoms. The number of likely N-dealkylation sites (tertiary alicyclic amines) is 1. The van der Waals surface area contributed by atoms with E-state index in [2.05, 4.69) is 22.5 Å². The molecule has 0 bridgehead atoms. The van der Waals surface area contributed by atoms with Crippen molar-refractivity contribution in [3.63, 3.8) is 0 Å². The number of hydrogen-bond donors (Lipinski definition) is 2. The van der Waals surface area contributed by atoms with Crippen LogP contribution in [0.4, 0.5) is 13.2 Å². The summed E-state index contributed by atoms with van der Waals surface area (Å²) in [4.78, 5) is 6.06. The summed E-state index contributed by atoms with van der Waals surface area (Å²) in [6.45, 7) is 7.03. The van der Waals surface area contributed by atoms with Crippen LogP contribution in [0.25, 0.3) is 0 Å². The standard InChI is InChI=1S/C17H33F3N4.HI/c1-3-5-6-10-22-16(21-4-2)23-11-7-15-8-12-24(13-9-15)14-17(18,19)20;/h15H,3-14H2,1-2H3,(H2,21,22,23);1H. The van der Waals surface area contributed by atoms with E-state index < -0.39 is 12.7 Å². The zero-order valence-electron chi connectivity index (χ0n) is 15.5. The van der Waals surface area contributed by atoms with E-state index in [1.165, 1.54) is 17.7 Å². The average Bonchev–Trinajstić information content (AvgIpc) is 2.52. The summed E-state index contributed by atoms with van der Waals surface area (Å²) < 4.78 is 37.1. The molecule has 1 aliphatic heterocycles. The molecule has 1 fully saturated rings. The molecule has 2 N–H and O–H groups in total. The van der Waals surface area contributed by atoms with Crippen LogP contribution in [0.1, 0.15) is 52.4 Å². The molecule has 0 atom stereocenters. The van der Waals surface area contributed by atoms with Crippen LogP contribution in [0, 0.1) is 5.92 Å². The second-order valence-electron chi connectivity index (χ2n) is 6.52. The van der Waals surface area contributed by atoms with Crippen LogP contribution in [0.3, 0.4) is 0 Å². The number of nitrogens with one attached hydrogen (secondary N) is 2. The van der Waals surface area contributed by atoms with E-state index in [1.54, 1.807) is 0 Å². The third-order valence-electron chi connectivity index (χ3n) is 4.33. The molecule has 0 spiro atoms. The fourth-order valence-corrected chi connectivity index (χ4v) is 2.98. The van der Waals surface area contributed by atoms with Crippen LogP contribution in [-0.4, -0.2) is 56.3 Å². The van der Waals surface area contributed by atoms with Crippen LogP contribution < -0.4 is 10.6 Å². The number of alkyl halides is 3. The lowest BCUT2D eigenvalue weighted by atomic mass is 9.93. The third kappa shape index (κ3) is 12.7. The molecule has 0 amide bonds. The van der Waals surface area contributed by atoms with Gasteiger partial charge in [0, 0.05) is 19.6 Å². The highest BCUT2D eigenvalue weighted by Gasteiger charge is 2.32. The van der Waals surface area contributed by atoms with Gasteiger partial charge in [0.2, 0.25) is 0 Å². The zero-order chi connectivity index (χ0) is 17.8. The molecule has 0 aromatic heterocycles. The summed E-state index contributed by atoms with van der Waals surface area (Å²) in [5.74, 6) is 1.35. The maximum absolute atomic E-state index is 12.4. The van der Waals surface area contributed by atoms with Crippen molar-refractivity contribution in [2.75, 3.05) is 39.3 Å². The molecule has 1 saturated heterocycles. The van der Waals surface area contributed by atoms with E-state index in [0.717, 1.165) is 51.3 Å². The average molecular weight is 478 g/mol. The molecule has 0 unspecified atom stereocenters. The number of unbranched alkanes of at least 4 members (excludes halogenated alkanes) is 2. The first-order valence-electron chi connectivity index (χ1n) is 9.26.